The number of hydrogen-bond acceptors (Lipinski definition) is 1. The molecule has 0 bridgehead atoms. The highest BCUT2D eigenvalue weighted by molar-refractivity contribution is 6.04. The summed E-state index contributed by atoms with van der Waals surface area (Å²) >= 11 is 0. The second kappa shape index (κ2) is 3.13. The molecule has 0 saturated carbocycles. The van der Waals surface area contributed by atoms with Crippen molar-refractivity contribution < 1.29 is 0 Å². The van der Waals surface area contributed by atoms with Crippen LogP contribution in [0.5, 0.6) is 0 Å². The molecule has 0 unspecified atom stereocenters. The third-order valence-corrected chi connectivity index (χ3v) is 1.64. The normalized spacial score (nSPS) is 25.1. The molecule has 0 atom stereocenters. The first-order valence-corrected chi connectivity index (χ1v) is 3.39. The molecule has 1 saturated heterocycles. The average molecular weight is 109 g/mol. The van der Waals surface area contributed by atoms with Crippen LogP contribution in [0.25, 0.3) is 0 Å². The molecule has 1 rings (SSSR count). The third kappa shape index (κ3) is 1.87. The molecule has 0 aromatic heterocycles. The molecule has 1 nitrogen and oxygen atoms in total. The first kappa shape index (κ1) is 6.15. The Bertz CT molecular complexity index is 57.5. The van der Waals surface area contributed by atoms with Crippen molar-refractivity contribution in [3.63, 3.8) is 0 Å². The lowest BCUT2D eigenvalue weighted by Crippen LogP contribution is -2.20. The lowest BCUT2D eigenvalue weighted by atomic mass is 10.2. The van der Waals surface area contributed by atoms with E-state index in [1.165, 1.54) is 25.7 Å². The maximum Gasteiger partial charge on any atom is -0.0440 e. The summed E-state index contributed by atoms with van der Waals surface area (Å²) in [5, 5.41) is 0. The van der Waals surface area contributed by atoms with Crippen LogP contribution in [0.1, 0.15) is 25.7 Å². The first-order chi connectivity index (χ1) is 3.89. The van der Waals surface area contributed by atoms with Gasteiger partial charge in [-0.05, 0) is 25.9 Å². The number of hydrogen-bond donors (Lipinski definition) is 0. The molecule has 1 heterocycles. The maximum atomic E-state index is 5.57. The van der Waals surface area contributed by atoms with Gasteiger partial charge in [-0.2, -0.15) is 0 Å². The van der Waals surface area contributed by atoms with E-state index in [0.29, 0.717) is 0 Å². The van der Waals surface area contributed by atoms with Crippen LogP contribution < -0.4 is 0 Å². The molecule has 0 amide bonds. The Morgan fingerprint density at radius 1 is 0.875 bits per heavy atom. The molecule has 0 aromatic rings. The predicted octanol–water partition coefficient (Wildman–Crippen LogP) is 0.946. The van der Waals surface area contributed by atoms with E-state index in [1.807, 2.05) is 4.81 Å². The van der Waals surface area contributed by atoms with E-state index in [-0.39, 0.29) is 0 Å². The van der Waals surface area contributed by atoms with Crippen molar-refractivity contribution in [3.05, 3.63) is 0 Å². The van der Waals surface area contributed by atoms with Crippen LogP contribution in [0, 0.1) is 0 Å². The van der Waals surface area contributed by atoms with Gasteiger partial charge >= 0.3 is 0 Å². The monoisotopic (exact) mass is 109 g/mol. The molecular formula is C6H12BN-. The highest BCUT2D eigenvalue weighted by Gasteiger charge is 1.94. The summed E-state index contributed by atoms with van der Waals surface area (Å²) in [6.45, 7) is 2.19. The van der Waals surface area contributed by atoms with Crippen LogP contribution >= 0.6 is 0 Å². The Morgan fingerprint density at radius 2 is 1.38 bits per heavy atom. The summed E-state index contributed by atoms with van der Waals surface area (Å²) in [5.74, 6) is 0. The van der Waals surface area contributed by atoms with Crippen LogP contribution in [0.2, 0.25) is 0 Å². The van der Waals surface area contributed by atoms with Gasteiger partial charge in [-0.3, -0.25) is 0 Å². The SMILES string of the molecule is [B-]N1CCCCCC1. The van der Waals surface area contributed by atoms with Gasteiger partial charge in [-0.1, -0.05) is 12.8 Å². The van der Waals surface area contributed by atoms with Crippen LogP contribution in [-0.2, 0) is 0 Å². The topological polar surface area (TPSA) is 3.24 Å². The molecule has 0 aliphatic carbocycles. The van der Waals surface area contributed by atoms with Crippen LogP contribution in [0.4, 0.5) is 0 Å². The van der Waals surface area contributed by atoms with Crippen molar-refractivity contribution in [1.29, 1.82) is 0 Å². The predicted molar refractivity (Wildman–Crippen MR) is 35.8 cm³/mol. The number of rotatable bonds is 0. The summed E-state index contributed by atoms with van der Waals surface area (Å²) in [6, 6.07) is 0. The summed E-state index contributed by atoms with van der Waals surface area (Å²) in [7, 11) is 5.57. The van der Waals surface area contributed by atoms with Crippen molar-refractivity contribution in [1.82, 2.24) is 4.81 Å². The molecule has 0 aromatic carbocycles. The molecule has 0 spiro atoms. The highest BCUT2D eigenvalue weighted by Crippen LogP contribution is 2.06. The van der Waals surface area contributed by atoms with Crippen LogP contribution in [0.3, 0.4) is 0 Å². The van der Waals surface area contributed by atoms with Crippen molar-refractivity contribution in [2.75, 3.05) is 13.1 Å². The second-order valence-corrected chi connectivity index (χ2v) is 2.45. The third-order valence-electron chi connectivity index (χ3n) is 1.64. The Balaban J connectivity index is 2.17. The maximum absolute atomic E-state index is 5.57. The molecule has 0 N–H and O–H groups in total. The van der Waals surface area contributed by atoms with E-state index in [2.05, 4.69) is 0 Å². The van der Waals surface area contributed by atoms with E-state index in [0.717, 1.165) is 13.1 Å². The van der Waals surface area contributed by atoms with Gasteiger partial charge in [0, 0.05) is 0 Å². The van der Waals surface area contributed by atoms with E-state index in [4.69, 9.17) is 7.98 Å². The zero-order valence-corrected chi connectivity index (χ0v) is 5.27. The summed E-state index contributed by atoms with van der Waals surface area (Å²) < 4.78 is 0. The fourth-order valence-electron chi connectivity index (χ4n) is 1.10. The smallest absolute Gasteiger partial charge is 0.0440 e. The van der Waals surface area contributed by atoms with Gasteiger partial charge in [0.2, 0.25) is 0 Å². The molecule has 8 heavy (non-hydrogen) atoms. The molecule has 45 valence electrons. The molecular weight excluding hydrogens is 96.9 g/mol. The molecule has 1 fully saturated rings. The Morgan fingerprint density at radius 3 is 1.88 bits per heavy atom. The molecule has 2 heteroatoms. The first-order valence-electron chi connectivity index (χ1n) is 3.39. The zero-order valence-electron chi connectivity index (χ0n) is 5.27. The van der Waals surface area contributed by atoms with Gasteiger partial charge in [0.25, 0.3) is 0 Å². The minimum atomic E-state index is 1.10. The molecule has 1 aliphatic rings. The van der Waals surface area contributed by atoms with Gasteiger partial charge in [0.05, 0.1) is 0 Å². The van der Waals surface area contributed by atoms with Crippen LogP contribution in [-0.4, -0.2) is 25.9 Å². The van der Waals surface area contributed by atoms with E-state index in [9.17, 15) is 0 Å². The van der Waals surface area contributed by atoms with Crippen molar-refractivity contribution in [2.45, 2.75) is 25.7 Å². The minimum absolute atomic E-state index is 1.10. The van der Waals surface area contributed by atoms with E-state index in [1.54, 1.807) is 0 Å². The fourth-order valence-corrected chi connectivity index (χ4v) is 1.10. The highest BCUT2D eigenvalue weighted by atomic mass is 15.0. The molecule has 3 radical (unpaired) electrons. The summed E-state index contributed by atoms with van der Waals surface area (Å²) in [6.07, 6.45) is 5.31. The lowest BCUT2D eigenvalue weighted by Gasteiger charge is -2.29. The summed E-state index contributed by atoms with van der Waals surface area (Å²) in [5.41, 5.74) is 0. The standard InChI is InChI=1S/C6H12BN/c7-8-5-3-1-2-4-6-8/h1-6H2/q-1. The van der Waals surface area contributed by atoms with Crippen LogP contribution in [0.15, 0.2) is 0 Å². The van der Waals surface area contributed by atoms with Crippen molar-refractivity contribution >= 4 is 7.98 Å². The zero-order chi connectivity index (χ0) is 5.82. The second-order valence-electron chi connectivity index (χ2n) is 2.45. The van der Waals surface area contributed by atoms with E-state index < -0.39 is 0 Å². The van der Waals surface area contributed by atoms with Gasteiger partial charge in [0.1, 0.15) is 0 Å². The van der Waals surface area contributed by atoms with Crippen molar-refractivity contribution in [3.8, 4) is 0 Å². The van der Waals surface area contributed by atoms with E-state index >= 15 is 0 Å². The Hall–Kier alpha value is 0.0249. The fraction of sp³-hybridized carbons (Fsp3) is 1.00. The quantitative estimate of drug-likeness (QED) is 0.418. The number of nitrogens with zero attached hydrogens (tertiary/aromatic N) is 1. The largest absolute Gasteiger partial charge is 0.580 e. The minimum Gasteiger partial charge on any atom is -0.580 e. The summed E-state index contributed by atoms with van der Waals surface area (Å²) in [4.78, 5) is 1.92. The molecule has 1 aliphatic heterocycles. The van der Waals surface area contributed by atoms with Crippen molar-refractivity contribution in [2.24, 2.45) is 0 Å². The lowest BCUT2D eigenvalue weighted by molar-refractivity contribution is 0.471. The Kier molecular flexibility index (Phi) is 2.41. The van der Waals surface area contributed by atoms with Gasteiger partial charge in [0.15, 0.2) is 0 Å². The van der Waals surface area contributed by atoms with Gasteiger partial charge in [-0.25, -0.2) is 0 Å². The average Bonchev–Trinajstić information content (AvgIpc) is 1.94. The van der Waals surface area contributed by atoms with Gasteiger partial charge in [-0.15, -0.1) is 0 Å². The van der Waals surface area contributed by atoms with Gasteiger partial charge < -0.3 is 12.8 Å². The Labute approximate surface area is 52.5 Å².